The van der Waals surface area contributed by atoms with Gasteiger partial charge in [0.05, 0.1) is 18.7 Å². The summed E-state index contributed by atoms with van der Waals surface area (Å²) in [5, 5.41) is 0.457. The monoisotopic (exact) mass is 282 g/mol. The maximum atomic E-state index is 11.7. The highest BCUT2D eigenvalue weighted by Gasteiger charge is 2.19. The maximum Gasteiger partial charge on any atom is 0.341 e. The van der Waals surface area contributed by atoms with Crippen molar-refractivity contribution in [3.05, 3.63) is 28.8 Å². The normalized spacial score (nSPS) is 16.1. The Bertz CT molecular complexity index is 439. The molecule has 0 heterocycles. The Morgan fingerprint density at radius 2 is 2.05 bits per heavy atom. The molecule has 3 nitrogen and oxygen atoms in total. The van der Waals surface area contributed by atoms with E-state index in [0.29, 0.717) is 28.9 Å². The van der Waals surface area contributed by atoms with Gasteiger partial charge in [0.1, 0.15) is 5.56 Å². The molecule has 2 rings (SSSR count). The number of para-hydroxylation sites is 1. The number of benzene rings is 1. The van der Waals surface area contributed by atoms with Gasteiger partial charge in [-0.1, -0.05) is 36.9 Å². The molecule has 1 aromatic rings. The third-order valence-electron chi connectivity index (χ3n) is 3.56. The van der Waals surface area contributed by atoms with Crippen molar-refractivity contribution in [3.63, 3.8) is 0 Å². The van der Waals surface area contributed by atoms with Crippen molar-refractivity contribution in [2.24, 2.45) is 5.92 Å². The summed E-state index contributed by atoms with van der Waals surface area (Å²) in [6.45, 7) is 0.619. The molecular weight excluding hydrogens is 264 g/mol. The summed E-state index contributed by atoms with van der Waals surface area (Å²) in [5.41, 5.74) is 0.394. The van der Waals surface area contributed by atoms with Crippen LogP contribution in [0.25, 0.3) is 0 Å². The highest BCUT2D eigenvalue weighted by atomic mass is 35.5. The molecule has 0 radical (unpaired) electrons. The lowest BCUT2D eigenvalue weighted by Gasteiger charge is -2.22. The fourth-order valence-electron chi connectivity index (χ4n) is 2.48. The quantitative estimate of drug-likeness (QED) is 0.781. The zero-order chi connectivity index (χ0) is 13.7. The highest BCUT2D eigenvalue weighted by molar-refractivity contribution is 6.32. The zero-order valence-electron chi connectivity index (χ0n) is 11.2. The lowest BCUT2D eigenvalue weighted by Crippen LogP contribution is -2.16. The lowest BCUT2D eigenvalue weighted by molar-refractivity contribution is 0.0594. The molecule has 4 heteroatoms. The topological polar surface area (TPSA) is 35.5 Å². The molecule has 0 unspecified atom stereocenters. The van der Waals surface area contributed by atoms with E-state index in [-0.39, 0.29) is 0 Å². The van der Waals surface area contributed by atoms with E-state index in [1.165, 1.54) is 39.2 Å². The number of methoxy groups -OCH3 is 1. The van der Waals surface area contributed by atoms with Crippen LogP contribution in [0.5, 0.6) is 5.75 Å². The largest absolute Gasteiger partial charge is 0.491 e. The summed E-state index contributed by atoms with van der Waals surface area (Å²) in [5.74, 6) is 0.596. The second-order valence-corrected chi connectivity index (χ2v) is 5.33. The minimum Gasteiger partial charge on any atom is -0.491 e. The van der Waals surface area contributed by atoms with Crippen LogP contribution in [0.3, 0.4) is 0 Å². The summed E-state index contributed by atoms with van der Waals surface area (Å²) in [6.07, 6.45) is 6.23. The van der Waals surface area contributed by atoms with Gasteiger partial charge in [-0.3, -0.25) is 0 Å². The van der Waals surface area contributed by atoms with Crippen LogP contribution < -0.4 is 4.74 Å². The summed E-state index contributed by atoms with van der Waals surface area (Å²) in [4.78, 5) is 11.7. The van der Waals surface area contributed by atoms with Gasteiger partial charge in [0, 0.05) is 0 Å². The van der Waals surface area contributed by atoms with Gasteiger partial charge in [0.25, 0.3) is 0 Å². The molecule has 0 N–H and O–H groups in total. The number of esters is 1. The van der Waals surface area contributed by atoms with Crippen molar-refractivity contribution in [1.82, 2.24) is 0 Å². The second-order valence-electron chi connectivity index (χ2n) is 4.92. The molecule has 0 aromatic heterocycles. The molecule has 0 atom stereocenters. The minimum atomic E-state index is -0.416. The Morgan fingerprint density at radius 1 is 1.32 bits per heavy atom. The summed E-state index contributed by atoms with van der Waals surface area (Å²) >= 11 is 6.12. The lowest BCUT2D eigenvalue weighted by atomic mass is 9.90. The van der Waals surface area contributed by atoms with Crippen LogP contribution in [0.1, 0.15) is 42.5 Å². The van der Waals surface area contributed by atoms with Crippen molar-refractivity contribution in [3.8, 4) is 5.75 Å². The first-order valence-corrected chi connectivity index (χ1v) is 7.10. The van der Waals surface area contributed by atoms with Gasteiger partial charge >= 0.3 is 5.97 Å². The Labute approximate surface area is 118 Å². The summed E-state index contributed by atoms with van der Waals surface area (Å²) in [7, 11) is 1.36. The average molecular weight is 283 g/mol. The second kappa shape index (κ2) is 6.80. The Balaban J connectivity index is 2.07. The van der Waals surface area contributed by atoms with E-state index in [2.05, 4.69) is 0 Å². The van der Waals surface area contributed by atoms with Crippen molar-refractivity contribution < 1.29 is 14.3 Å². The van der Waals surface area contributed by atoms with E-state index in [4.69, 9.17) is 21.1 Å². The van der Waals surface area contributed by atoms with Gasteiger partial charge in [-0.25, -0.2) is 4.79 Å². The first kappa shape index (κ1) is 14.2. The molecule has 1 aliphatic carbocycles. The Morgan fingerprint density at radius 3 is 2.74 bits per heavy atom. The van der Waals surface area contributed by atoms with Crippen molar-refractivity contribution in [2.75, 3.05) is 13.7 Å². The molecule has 19 heavy (non-hydrogen) atoms. The van der Waals surface area contributed by atoms with Crippen LogP contribution in [-0.2, 0) is 4.74 Å². The smallest absolute Gasteiger partial charge is 0.341 e. The first-order valence-electron chi connectivity index (χ1n) is 6.72. The van der Waals surface area contributed by atoms with Crippen molar-refractivity contribution >= 4 is 17.6 Å². The molecule has 0 amide bonds. The molecule has 104 valence electrons. The van der Waals surface area contributed by atoms with E-state index < -0.39 is 5.97 Å². The van der Waals surface area contributed by atoms with Gasteiger partial charge in [-0.15, -0.1) is 0 Å². The van der Waals surface area contributed by atoms with Gasteiger partial charge in [-0.2, -0.15) is 0 Å². The molecule has 1 aromatic carbocycles. The van der Waals surface area contributed by atoms with Crippen LogP contribution in [0.15, 0.2) is 18.2 Å². The summed E-state index contributed by atoms with van der Waals surface area (Å²) < 4.78 is 10.5. The van der Waals surface area contributed by atoms with E-state index in [9.17, 15) is 4.79 Å². The number of carbonyl (C=O) groups excluding carboxylic acids is 1. The van der Waals surface area contributed by atoms with Gasteiger partial charge in [0.2, 0.25) is 0 Å². The average Bonchev–Trinajstić information content (AvgIpc) is 2.46. The maximum absolute atomic E-state index is 11.7. The number of hydrogen-bond donors (Lipinski definition) is 0. The predicted molar refractivity (Wildman–Crippen MR) is 74.9 cm³/mol. The minimum absolute atomic E-state index is 0.394. The van der Waals surface area contributed by atoms with Crippen LogP contribution in [-0.4, -0.2) is 19.7 Å². The SMILES string of the molecule is COC(=O)c1cccc(Cl)c1OCC1CCCCC1. The standard InChI is InChI=1S/C15H19ClO3/c1-18-15(17)12-8-5-9-13(16)14(12)19-10-11-6-3-2-4-7-11/h5,8-9,11H,2-4,6-7,10H2,1H3. The third-order valence-corrected chi connectivity index (χ3v) is 3.86. The molecule has 0 aliphatic heterocycles. The number of carbonyl (C=O) groups is 1. The van der Waals surface area contributed by atoms with Crippen LogP contribution in [0.2, 0.25) is 5.02 Å². The molecule has 0 saturated heterocycles. The molecule has 1 saturated carbocycles. The molecule has 0 bridgehead atoms. The number of ether oxygens (including phenoxy) is 2. The van der Waals surface area contributed by atoms with E-state index >= 15 is 0 Å². The van der Waals surface area contributed by atoms with Crippen LogP contribution in [0, 0.1) is 5.92 Å². The number of rotatable bonds is 4. The molecule has 1 aliphatic rings. The van der Waals surface area contributed by atoms with Crippen molar-refractivity contribution in [1.29, 1.82) is 0 Å². The first-order chi connectivity index (χ1) is 9.22. The van der Waals surface area contributed by atoms with Crippen molar-refractivity contribution in [2.45, 2.75) is 32.1 Å². The van der Waals surface area contributed by atoms with Gasteiger partial charge in [-0.05, 0) is 30.9 Å². The molecule has 1 fully saturated rings. The van der Waals surface area contributed by atoms with E-state index in [1.54, 1.807) is 18.2 Å². The van der Waals surface area contributed by atoms with Crippen LogP contribution >= 0.6 is 11.6 Å². The predicted octanol–water partition coefficient (Wildman–Crippen LogP) is 4.09. The zero-order valence-corrected chi connectivity index (χ0v) is 11.9. The highest BCUT2D eigenvalue weighted by Crippen LogP contribution is 2.31. The number of halogens is 1. The van der Waals surface area contributed by atoms with E-state index in [0.717, 1.165) is 0 Å². The molecular formula is C15H19ClO3. The fraction of sp³-hybridized carbons (Fsp3) is 0.533. The fourth-order valence-corrected chi connectivity index (χ4v) is 2.71. The Hall–Kier alpha value is -1.22. The van der Waals surface area contributed by atoms with Gasteiger partial charge in [0.15, 0.2) is 5.75 Å². The molecule has 0 spiro atoms. The number of hydrogen-bond acceptors (Lipinski definition) is 3. The van der Waals surface area contributed by atoms with Crippen LogP contribution in [0.4, 0.5) is 0 Å². The third kappa shape index (κ3) is 3.63. The van der Waals surface area contributed by atoms with Gasteiger partial charge < -0.3 is 9.47 Å². The summed E-state index contributed by atoms with van der Waals surface area (Å²) in [6, 6.07) is 5.13. The van der Waals surface area contributed by atoms with E-state index in [1.807, 2.05) is 0 Å². The Kier molecular flexibility index (Phi) is 5.08.